The Hall–Kier alpha value is -0.860. The molecule has 1 rings (SSSR count). The zero-order valence-corrected chi connectivity index (χ0v) is 8.11. The van der Waals surface area contributed by atoms with Crippen molar-refractivity contribution in [3.8, 4) is 0 Å². The minimum absolute atomic E-state index is 0.242. The lowest BCUT2D eigenvalue weighted by molar-refractivity contribution is 0.616. The Morgan fingerprint density at radius 2 is 2.23 bits per heavy atom. The molecule has 0 aromatic heterocycles. The summed E-state index contributed by atoms with van der Waals surface area (Å²) >= 11 is 5.77. The zero-order chi connectivity index (χ0) is 9.84. The summed E-state index contributed by atoms with van der Waals surface area (Å²) in [6.07, 6.45) is 3.32. The predicted molar refractivity (Wildman–Crippen MR) is 54.2 cm³/mol. The summed E-state index contributed by atoms with van der Waals surface area (Å²) in [4.78, 5) is 0. The van der Waals surface area contributed by atoms with Crippen molar-refractivity contribution in [3.63, 3.8) is 0 Å². The number of aryl methyl sites for hydroxylation is 1. The first-order chi connectivity index (χ1) is 6.15. The number of nitrogens with two attached hydrogens (primary N) is 1. The Morgan fingerprint density at radius 1 is 1.54 bits per heavy atom. The molecule has 1 nitrogen and oxygen atoms in total. The largest absolute Gasteiger partial charge is 0.327 e. The van der Waals surface area contributed by atoms with Crippen LogP contribution in [-0.4, -0.2) is 6.54 Å². The van der Waals surface area contributed by atoms with Gasteiger partial charge in [-0.2, -0.15) is 0 Å². The molecule has 0 atom stereocenters. The fourth-order valence-electron chi connectivity index (χ4n) is 1.07. The topological polar surface area (TPSA) is 26.0 Å². The quantitative estimate of drug-likeness (QED) is 0.779. The molecule has 0 spiro atoms. The standard InChI is InChI=1S/C10H11ClFN/c1-7-5-9(11)6-8(10(7)12)3-2-4-13/h2-3,5-6H,4,13H2,1H3/b3-2+. The van der Waals surface area contributed by atoms with Gasteiger partial charge in [0.15, 0.2) is 0 Å². The first kappa shape index (κ1) is 10.2. The molecule has 0 saturated carbocycles. The number of benzene rings is 1. The van der Waals surface area contributed by atoms with E-state index in [-0.39, 0.29) is 5.82 Å². The van der Waals surface area contributed by atoms with E-state index in [0.717, 1.165) is 0 Å². The molecule has 0 bridgehead atoms. The molecule has 0 radical (unpaired) electrons. The highest BCUT2D eigenvalue weighted by atomic mass is 35.5. The third-order valence-corrected chi connectivity index (χ3v) is 1.90. The SMILES string of the molecule is Cc1cc(Cl)cc(/C=C/CN)c1F. The van der Waals surface area contributed by atoms with Gasteiger partial charge in [0.2, 0.25) is 0 Å². The Bertz CT molecular complexity index is 334. The van der Waals surface area contributed by atoms with Crippen LogP contribution < -0.4 is 5.73 Å². The molecular formula is C10H11ClFN. The molecule has 1 aromatic carbocycles. The summed E-state index contributed by atoms with van der Waals surface area (Å²) in [5.41, 5.74) is 6.29. The minimum Gasteiger partial charge on any atom is -0.327 e. The molecule has 3 heteroatoms. The van der Waals surface area contributed by atoms with E-state index in [0.29, 0.717) is 22.7 Å². The van der Waals surface area contributed by atoms with Crippen LogP contribution in [0.4, 0.5) is 4.39 Å². The van der Waals surface area contributed by atoms with Gasteiger partial charge in [0.25, 0.3) is 0 Å². The van der Waals surface area contributed by atoms with E-state index >= 15 is 0 Å². The maximum atomic E-state index is 13.4. The Labute approximate surface area is 82.0 Å². The van der Waals surface area contributed by atoms with Gasteiger partial charge >= 0.3 is 0 Å². The van der Waals surface area contributed by atoms with Crippen LogP contribution in [0.15, 0.2) is 18.2 Å². The van der Waals surface area contributed by atoms with Crippen LogP contribution in [-0.2, 0) is 0 Å². The summed E-state index contributed by atoms with van der Waals surface area (Å²) in [5, 5.41) is 0.538. The van der Waals surface area contributed by atoms with E-state index in [1.807, 2.05) is 0 Å². The predicted octanol–water partition coefficient (Wildman–Crippen LogP) is 2.76. The number of hydrogen-bond donors (Lipinski definition) is 1. The van der Waals surface area contributed by atoms with Gasteiger partial charge in [0.1, 0.15) is 5.82 Å². The van der Waals surface area contributed by atoms with Crippen molar-refractivity contribution >= 4 is 17.7 Å². The van der Waals surface area contributed by atoms with Crippen LogP contribution in [0.5, 0.6) is 0 Å². The third kappa shape index (κ3) is 2.54. The minimum atomic E-state index is -0.242. The van der Waals surface area contributed by atoms with Crippen LogP contribution in [0.25, 0.3) is 6.08 Å². The maximum absolute atomic E-state index is 13.4. The summed E-state index contributed by atoms with van der Waals surface area (Å²) in [6, 6.07) is 3.17. The first-order valence-corrected chi connectivity index (χ1v) is 4.35. The molecule has 13 heavy (non-hydrogen) atoms. The van der Waals surface area contributed by atoms with Crippen LogP contribution in [0.1, 0.15) is 11.1 Å². The normalized spacial score (nSPS) is 11.1. The first-order valence-electron chi connectivity index (χ1n) is 3.97. The molecule has 0 aliphatic rings. The summed E-state index contributed by atoms with van der Waals surface area (Å²) in [7, 11) is 0. The van der Waals surface area contributed by atoms with E-state index in [2.05, 4.69) is 0 Å². The van der Waals surface area contributed by atoms with E-state index in [9.17, 15) is 4.39 Å². The number of rotatable bonds is 2. The van der Waals surface area contributed by atoms with Crippen molar-refractivity contribution in [2.75, 3.05) is 6.54 Å². The second-order valence-corrected chi connectivity index (χ2v) is 3.20. The molecule has 2 N–H and O–H groups in total. The summed E-state index contributed by atoms with van der Waals surface area (Å²) < 4.78 is 13.4. The van der Waals surface area contributed by atoms with Gasteiger partial charge in [-0.05, 0) is 24.6 Å². The van der Waals surface area contributed by atoms with Crippen LogP contribution in [0.3, 0.4) is 0 Å². The van der Waals surface area contributed by atoms with Crippen molar-refractivity contribution in [2.45, 2.75) is 6.92 Å². The molecule has 0 amide bonds. The lowest BCUT2D eigenvalue weighted by Crippen LogP contribution is -1.93. The van der Waals surface area contributed by atoms with Gasteiger partial charge in [0, 0.05) is 17.1 Å². The second kappa shape index (κ2) is 4.40. The number of hydrogen-bond acceptors (Lipinski definition) is 1. The van der Waals surface area contributed by atoms with E-state index < -0.39 is 0 Å². The second-order valence-electron chi connectivity index (χ2n) is 2.76. The maximum Gasteiger partial charge on any atom is 0.133 e. The summed E-state index contributed by atoms with van der Waals surface area (Å²) in [6.45, 7) is 2.08. The van der Waals surface area contributed by atoms with Crippen molar-refractivity contribution in [3.05, 3.63) is 40.2 Å². The Kier molecular flexibility index (Phi) is 3.46. The lowest BCUT2D eigenvalue weighted by atomic mass is 10.1. The molecule has 0 unspecified atom stereocenters. The fraction of sp³-hybridized carbons (Fsp3) is 0.200. The van der Waals surface area contributed by atoms with E-state index in [1.165, 1.54) is 0 Å². The van der Waals surface area contributed by atoms with Crippen LogP contribution in [0.2, 0.25) is 5.02 Å². The highest BCUT2D eigenvalue weighted by Crippen LogP contribution is 2.20. The van der Waals surface area contributed by atoms with Gasteiger partial charge in [-0.3, -0.25) is 0 Å². The molecule has 0 aliphatic heterocycles. The highest BCUT2D eigenvalue weighted by molar-refractivity contribution is 6.30. The average molecular weight is 200 g/mol. The van der Waals surface area contributed by atoms with Crippen molar-refractivity contribution in [1.29, 1.82) is 0 Å². The smallest absolute Gasteiger partial charge is 0.133 e. The highest BCUT2D eigenvalue weighted by Gasteiger charge is 2.03. The van der Waals surface area contributed by atoms with Crippen molar-refractivity contribution < 1.29 is 4.39 Å². The van der Waals surface area contributed by atoms with Crippen molar-refractivity contribution in [2.24, 2.45) is 5.73 Å². The van der Waals surface area contributed by atoms with Gasteiger partial charge < -0.3 is 5.73 Å². The van der Waals surface area contributed by atoms with Crippen molar-refractivity contribution in [1.82, 2.24) is 0 Å². The molecular weight excluding hydrogens is 189 g/mol. The number of halogens is 2. The van der Waals surface area contributed by atoms with Gasteiger partial charge in [-0.25, -0.2) is 4.39 Å². The van der Waals surface area contributed by atoms with E-state index in [1.54, 1.807) is 31.2 Å². The fourth-order valence-corrected chi connectivity index (χ4v) is 1.35. The molecule has 0 aliphatic carbocycles. The average Bonchev–Trinajstić information content (AvgIpc) is 2.09. The van der Waals surface area contributed by atoms with Gasteiger partial charge in [-0.1, -0.05) is 23.8 Å². The lowest BCUT2D eigenvalue weighted by Gasteiger charge is -2.01. The zero-order valence-electron chi connectivity index (χ0n) is 7.35. The Balaban J connectivity index is 3.12. The van der Waals surface area contributed by atoms with Gasteiger partial charge in [-0.15, -0.1) is 0 Å². The third-order valence-electron chi connectivity index (χ3n) is 1.68. The molecule has 70 valence electrons. The summed E-state index contributed by atoms with van der Waals surface area (Å²) in [5.74, 6) is -0.242. The Morgan fingerprint density at radius 3 is 2.85 bits per heavy atom. The van der Waals surface area contributed by atoms with Crippen LogP contribution >= 0.6 is 11.6 Å². The van der Waals surface area contributed by atoms with Gasteiger partial charge in [0.05, 0.1) is 0 Å². The monoisotopic (exact) mass is 199 g/mol. The molecule has 0 fully saturated rings. The molecule has 0 saturated heterocycles. The van der Waals surface area contributed by atoms with E-state index in [4.69, 9.17) is 17.3 Å². The van der Waals surface area contributed by atoms with Crippen LogP contribution in [0, 0.1) is 12.7 Å². The molecule has 0 heterocycles. The molecule has 1 aromatic rings.